The number of fused-ring (bicyclic) bond motifs is 1. The van der Waals surface area contributed by atoms with E-state index in [2.05, 4.69) is 20.3 Å². The fourth-order valence-electron chi connectivity index (χ4n) is 2.83. The summed E-state index contributed by atoms with van der Waals surface area (Å²) in [5.41, 5.74) is 0.966. The van der Waals surface area contributed by atoms with Crippen LogP contribution < -0.4 is 5.32 Å². The van der Waals surface area contributed by atoms with Crippen LogP contribution in [0.5, 0.6) is 0 Å². The Hall–Kier alpha value is -2.91. The second-order valence-electron chi connectivity index (χ2n) is 5.87. The van der Waals surface area contributed by atoms with E-state index in [1.54, 1.807) is 30.3 Å². The molecule has 0 bridgehead atoms. The third-order valence-corrected chi connectivity index (χ3v) is 4.19. The molecule has 1 aliphatic rings. The molecule has 3 heterocycles. The Morgan fingerprint density at radius 1 is 1.35 bits per heavy atom. The second kappa shape index (κ2) is 6.43. The van der Waals surface area contributed by atoms with E-state index in [1.807, 2.05) is 0 Å². The molecule has 1 amide bonds. The molecule has 4 atom stereocenters. The Labute approximate surface area is 149 Å². The van der Waals surface area contributed by atoms with Crippen molar-refractivity contribution in [3.8, 4) is 0 Å². The van der Waals surface area contributed by atoms with Crippen LogP contribution in [0.2, 0.25) is 0 Å². The van der Waals surface area contributed by atoms with Crippen LogP contribution in [-0.2, 0) is 4.74 Å². The van der Waals surface area contributed by atoms with Crippen molar-refractivity contribution < 1.29 is 20.4 Å². The molecule has 1 saturated heterocycles. The van der Waals surface area contributed by atoms with E-state index < -0.39 is 24.6 Å². The van der Waals surface area contributed by atoms with Gasteiger partial charge in [0.05, 0.1) is 12.4 Å². The van der Waals surface area contributed by atoms with Crippen LogP contribution in [0.4, 0.5) is 10.2 Å². The number of carbonyl (C=O) groups excluding carboxylic acids is 1. The Balaban J connectivity index is 1.65. The molecular weight excluding hydrogens is 341 g/mol. The molecule has 3 aromatic rings. The zero-order chi connectivity index (χ0) is 19.0. The van der Waals surface area contributed by atoms with E-state index in [0.29, 0.717) is 5.56 Å². The van der Waals surface area contributed by atoms with Gasteiger partial charge in [-0.25, -0.2) is 19.3 Å². The number of aliphatic hydroxyl groups is 1. The van der Waals surface area contributed by atoms with E-state index in [9.17, 15) is 14.3 Å². The van der Waals surface area contributed by atoms with E-state index in [1.165, 1.54) is 17.2 Å². The number of nitrogens with zero attached hydrogens (tertiary/aromatic N) is 4. The fourth-order valence-corrected chi connectivity index (χ4v) is 2.83. The number of anilines is 1. The first kappa shape index (κ1) is 15.4. The predicted molar refractivity (Wildman–Crippen MR) is 90.2 cm³/mol. The van der Waals surface area contributed by atoms with Gasteiger partial charge in [0.15, 0.2) is 29.4 Å². The molecule has 0 spiro atoms. The van der Waals surface area contributed by atoms with Gasteiger partial charge in [0.25, 0.3) is 5.91 Å². The number of imidazole rings is 1. The zero-order valence-corrected chi connectivity index (χ0v) is 13.5. The minimum atomic E-state index is -1.73. The lowest BCUT2D eigenvalue weighted by Gasteiger charge is -2.14. The standard InChI is InChI=1S/C17H16FN5O3/c1-9-13(24)11(18)17(26-9)23-8-21-12-14(19-7-20-15(12)23)22-16(25)10-5-3-2-4-6-10/h2-9,11,13,17,24H,1H3,(H,19,20,22,25)/t9-,11?,13?,17-/m1/s1/i1D. The molecule has 9 heteroatoms. The lowest BCUT2D eigenvalue weighted by atomic mass is 10.2. The van der Waals surface area contributed by atoms with Crippen LogP contribution in [0.3, 0.4) is 0 Å². The average Bonchev–Trinajstić information content (AvgIpc) is 3.25. The number of ether oxygens (including phenoxy) is 1. The summed E-state index contributed by atoms with van der Waals surface area (Å²) in [5.74, 6) is -0.186. The van der Waals surface area contributed by atoms with Crippen LogP contribution in [0, 0.1) is 0 Å². The van der Waals surface area contributed by atoms with Gasteiger partial charge in [0.2, 0.25) is 0 Å². The Morgan fingerprint density at radius 2 is 2.15 bits per heavy atom. The summed E-state index contributed by atoms with van der Waals surface area (Å²) in [7, 11) is 0. The summed E-state index contributed by atoms with van der Waals surface area (Å²) >= 11 is 0. The number of halogens is 1. The summed E-state index contributed by atoms with van der Waals surface area (Å²) in [6.07, 6.45) is -2.68. The number of aromatic nitrogens is 4. The van der Waals surface area contributed by atoms with Crippen molar-refractivity contribution in [3.05, 3.63) is 48.5 Å². The Bertz CT molecular complexity index is 970. The van der Waals surface area contributed by atoms with Crippen molar-refractivity contribution in [1.82, 2.24) is 19.5 Å². The largest absolute Gasteiger partial charge is 0.387 e. The summed E-state index contributed by atoms with van der Waals surface area (Å²) in [6.45, 7) is -0.266. The van der Waals surface area contributed by atoms with Crippen molar-refractivity contribution in [3.63, 3.8) is 0 Å². The number of alkyl halides is 1. The maximum Gasteiger partial charge on any atom is 0.256 e. The van der Waals surface area contributed by atoms with Gasteiger partial charge in [-0.2, -0.15) is 0 Å². The van der Waals surface area contributed by atoms with Crippen LogP contribution in [0.1, 0.15) is 24.9 Å². The molecule has 26 heavy (non-hydrogen) atoms. The van der Waals surface area contributed by atoms with E-state index >= 15 is 0 Å². The molecule has 0 aliphatic carbocycles. The number of hydrogen-bond acceptors (Lipinski definition) is 6. The molecule has 2 aromatic heterocycles. The molecule has 2 N–H and O–H groups in total. The first-order valence-corrected chi connectivity index (χ1v) is 7.91. The van der Waals surface area contributed by atoms with Crippen molar-refractivity contribution in [2.24, 2.45) is 0 Å². The third kappa shape index (κ3) is 2.71. The first-order chi connectivity index (χ1) is 13.1. The summed E-state index contributed by atoms with van der Waals surface area (Å²) in [6, 6.07) is 8.61. The molecule has 4 rings (SSSR count). The number of benzene rings is 1. The maximum absolute atomic E-state index is 14.4. The Morgan fingerprint density at radius 3 is 2.88 bits per heavy atom. The van der Waals surface area contributed by atoms with Gasteiger partial charge in [-0.05, 0) is 19.0 Å². The van der Waals surface area contributed by atoms with Gasteiger partial charge in [0.1, 0.15) is 12.4 Å². The maximum atomic E-state index is 14.4. The van der Waals surface area contributed by atoms with Gasteiger partial charge in [0, 0.05) is 6.93 Å². The number of carbonyl (C=O) groups is 1. The Kier molecular flexibility index (Phi) is 3.80. The molecule has 0 saturated carbocycles. The molecule has 1 aromatic carbocycles. The number of amides is 1. The van der Waals surface area contributed by atoms with Crippen molar-refractivity contribution in [1.29, 1.82) is 0 Å². The van der Waals surface area contributed by atoms with E-state index in [-0.39, 0.29) is 29.8 Å². The molecule has 8 nitrogen and oxygen atoms in total. The van der Waals surface area contributed by atoms with Crippen LogP contribution in [0.15, 0.2) is 43.0 Å². The van der Waals surface area contributed by atoms with Crippen molar-refractivity contribution >= 4 is 22.9 Å². The molecule has 0 radical (unpaired) electrons. The lowest BCUT2D eigenvalue weighted by Crippen LogP contribution is -2.26. The minimum Gasteiger partial charge on any atom is -0.387 e. The highest BCUT2D eigenvalue weighted by molar-refractivity contribution is 6.06. The summed E-state index contributed by atoms with van der Waals surface area (Å²) in [4.78, 5) is 24.7. The van der Waals surface area contributed by atoms with Crippen LogP contribution >= 0.6 is 0 Å². The number of rotatable bonds is 3. The van der Waals surface area contributed by atoms with Gasteiger partial charge in [-0.15, -0.1) is 0 Å². The van der Waals surface area contributed by atoms with Crippen molar-refractivity contribution in [2.45, 2.75) is 31.5 Å². The topological polar surface area (TPSA) is 102 Å². The predicted octanol–water partition coefficient (Wildman–Crippen LogP) is 1.69. The summed E-state index contributed by atoms with van der Waals surface area (Å²) < 4.78 is 28.5. The zero-order valence-electron chi connectivity index (χ0n) is 14.5. The number of nitrogens with one attached hydrogen (secondary N) is 1. The first-order valence-electron chi connectivity index (χ1n) is 8.61. The molecule has 1 aliphatic heterocycles. The average molecular weight is 358 g/mol. The summed E-state index contributed by atoms with van der Waals surface area (Å²) in [5, 5.41) is 12.5. The normalized spacial score (nSPS) is 26.0. The number of hydrogen-bond donors (Lipinski definition) is 2. The van der Waals surface area contributed by atoms with Gasteiger partial charge in [-0.1, -0.05) is 18.2 Å². The van der Waals surface area contributed by atoms with Crippen LogP contribution in [-0.4, -0.2) is 48.9 Å². The minimum absolute atomic E-state index is 0.179. The smallest absolute Gasteiger partial charge is 0.256 e. The number of aliphatic hydroxyl groups excluding tert-OH is 1. The highest BCUT2D eigenvalue weighted by atomic mass is 19.1. The van der Waals surface area contributed by atoms with Crippen LogP contribution in [0.25, 0.3) is 11.2 Å². The van der Waals surface area contributed by atoms with Gasteiger partial charge in [-0.3, -0.25) is 9.36 Å². The SMILES string of the molecule is [2H]C[C@H]1O[C@@H](n2cnc3c(NC(=O)c4ccccc4)ncnc32)C(F)C1O. The molecule has 2 unspecified atom stereocenters. The monoisotopic (exact) mass is 358 g/mol. The van der Waals surface area contributed by atoms with E-state index in [0.717, 1.165) is 0 Å². The third-order valence-electron chi connectivity index (χ3n) is 4.19. The molecular formula is C17H16FN5O3. The molecule has 1 fully saturated rings. The fraction of sp³-hybridized carbons (Fsp3) is 0.294. The quantitative estimate of drug-likeness (QED) is 0.739. The highest BCUT2D eigenvalue weighted by Gasteiger charge is 2.43. The van der Waals surface area contributed by atoms with Gasteiger partial charge < -0.3 is 15.2 Å². The lowest BCUT2D eigenvalue weighted by molar-refractivity contribution is -0.0137. The van der Waals surface area contributed by atoms with Crippen molar-refractivity contribution in [2.75, 3.05) is 5.32 Å². The second-order valence-corrected chi connectivity index (χ2v) is 5.87. The van der Waals surface area contributed by atoms with E-state index in [4.69, 9.17) is 6.11 Å². The highest BCUT2D eigenvalue weighted by Crippen LogP contribution is 2.33. The van der Waals surface area contributed by atoms with Gasteiger partial charge >= 0.3 is 0 Å². The molecule has 134 valence electrons.